The van der Waals surface area contributed by atoms with Crippen molar-refractivity contribution in [2.45, 2.75) is 19.4 Å². The summed E-state index contributed by atoms with van der Waals surface area (Å²) in [5.74, 6) is 0.192. The summed E-state index contributed by atoms with van der Waals surface area (Å²) in [6, 6.07) is -0.539. The van der Waals surface area contributed by atoms with E-state index < -0.39 is 9.84 Å². The molecule has 0 radical (unpaired) electrons. The summed E-state index contributed by atoms with van der Waals surface area (Å²) in [6.07, 6.45) is 3.73. The number of nitrogens with zero attached hydrogens (tertiary/aromatic N) is 1. The van der Waals surface area contributed by atoms with E-state index in [4.69, 9.17) is 4.74 Å². The van der Waals surface area contributed by atoms with E-state index in [1.807, 2.05) is 0 Å². The van der Waals surface area contributed by atoms with Gasteiger partial charge < -0.3 is 15.0 Å². The third-order valence-electron chi connectivity index (χ3n) is 2.82. The molecule has 6 nitrogen and oxygen atoms in total. The molecule has 1 aliphatic heterocycles. The predicted molar refractivity (Wildman–Crippen MR) is 69.0 cm³/mol. The lowest BCUT2D eigenvalue weighted by atomic mass is 10.2. The van der Waals surface area contributed by atoms with E-state index in [2.05, 4.69) is 5.32 Å². The third kappa shape index (κ3) is 4.30. The monoisotopic (exact) mass is 276 g/mol. The van der Waals surface area contributed by atoms with Crippen molar-refractivity contribution >= 4 is 15.9 Å². The summed E-state index contributed by atoms with van der Waals surface area (Å²) in [6.45, 7) is 2.57. The van der Waals surface area contributed by atoms with Crippen LogP contribution in [0.1, 0.15) is 13.3 Å². The molecule has 18 heavy (non-hydrogen) atoms. The SMILES string of the molecule is C/C=C/NC(=O)N(CCOC)C1CCS(=O)(=O)C1. The first-order chi connectivity index (χ1) is 8.50. The molecule has 0 aromatic rings. The second kappa shape index (κ2) is 6.75. The number of hydrogen-bond acceptors (Lipinski definition) is 4. The summed E-state index contributed by atoms with van der Waals surface area (Å²) < 4.78 is 27.9. The molecule has 1 aliphatic rings. The Kier molecular flexibility index (Phi) is 5.61. The number of rotatable bonds is 5. The largest absolute Gasteiger partial charge is 0.383 e. The van der Waals surface area contributed by atoms with Crippen LogP contribution in [0.15, 0.2) is 12.3 Å². The fraction of sp³-hybridized carbons (Fsp3) is 0.727. The molecule has 104 valence electrons. The Hall–Kier alpha value is -1.08. The number of carbonyl (C=O) groups excluding carboxylic acids is 1. The van der Waals surface area contributed by atoms with E-state index in [-0.39, 0.29) is 23.6 Å². The van der Waals surface area contributed by atoms with Gasteiger partial charge in [0.2, 0.25) is 0 Å². The molecule has 1 atom stereocenters. The minimum atomic E-state index is -3.00. The van der Waals surface area contributed by atoms with Crippen LogP contribution in [0.4, 0.5) is 4.79 Å². The molecule has 1 heterocycles. The number of urea groups is 1. The van der Waals surface area contributed by atoms with Gasteiger partial charge in [0.05, 0.1) is 18.1 Å². The van der Waals surface area contributed by atoms with Gasteiger partial charge in [0.15, 0.2) is 9.84 Å². The fourth-order valence-electron chi connectivity index (χ4n) is 1.90. The zero-order valence-corrected chi connectivity index (χ0v) is 11.6. The first kappa shape index (κ1) is 15.0. The van der Waals surface area contributed by atoms with Crippen molar-refractivity contribution in [1.82, 2.24) is 10.2 Å². The Morgan fingerprint density at radius 3 is 2.78 bits per heavy atom. The van der Waals surface area contributed by atoms with Gasteiger partial charge in [-0.15, -0.1) is 0 Å². The summed E-state index contributed by atoms with van der Waals surface area (Å²) in [5, 5.41) is 2.60. The Morgan fingerprint density at radius 2 is 2.28 bits per heavy atom. The van der Waals surface area contributed by atoms with Crippen LogP contribution >= 0.6 is 0 Å². The highest BCUT2D eigenvalue weighted by Crippen LogP contribution is 2.17. The average molecular weight is 276 g/mol. The van der Waals surface area contributed by atoms with Crippen molar-refractivity contribution in [3.05, 3.63) is 12.3 Å². The summed E-state index contributed by atoms with van der Waals surface area (Å²) >= 11 is 0. The van der Waals surface area contributed by atoms with E-state index >= 15 is 0 Å². The van der Waals surface area contributed by atoms with E-state index in [1.54, 1.807) is 20.1 Å². The van der Waals surface area contributed by atoms with Crippen molar-refractivity contribution < 1.29 is 17.9 Å². The molecule has 2 amide bonds. The van der Waals surface area contributed by atoms with Crippen molar-refractivity contribution in [3.8, 4) is 0 Å². The Bertz CT molecular complexity index is 405. The van der Waals surface area contributed by atoms with Crippen molar-refractivity contribution in [3.63, 3.8) is 0 Å². The Balaban J connectivity index is 2.69. The molecule has 0 aliphatic carbocycles. The summed E-state index contributed by atoms with van der Waals surface area (Å²) in [4.78, 5) is 13.5. The molecule has 1 fully saturated rings. The van der Waals surface area contributed by atoms with Crippen LogP contribution in [0, 0.1) is 0 Å². The molecule has 1 N–H and O–H groups in total. The van der Waals surface area contributed by atoms with Crippen molar-refractivity contribution in [2.75, 3.05) is 31.8 Å². The lowest BCUT2D eigenvalue weighted by molar-refractivity contribution is 0.135. The molecule has 7 heteroatoms. The topological polar surface area (TPSA) is 75.7 Å². The molecule has 0 saturated carbocycles. The quantitative estimate of drug-likeness (QED) is 0.787. The molecule has 0 bridgehead atoms. The van der Waals surface area contributed by atoms with Crippen LogP contribution in [0.5, 0.6) is 0 Å². The van der Waals surface area contributed by atoms with Crippen LogP contribution in [0.3, 0.4) is 0 Å². The second-order valence-corrected chi connectivity index (χ2v) is 6.42. The maximum atomic E-state index is 11.9. The molecule has 0 aromatic carbocycles. The number of nitrogens with one attached hydrogen (secondary N) is 1. The second-order valence-electron chi connectivity index (χ2n) is 4.19. The smallest absolute Gasteiger partial charge is 0.321 e. The third-order valence-corrected chi connectivity index (χ3v) is 4.57. The fourth-order valence-corrected chi connectivity index (χ4v) is 3.63. The predicted octanol–water partition coefficient (Wildman–Crippen LogP) is 0.365. The standard InChI is InChI=1S/C11H20N2O4S/c1-3-5-12-11(14)13(6-7-17-2)10-4-8-18(15,16)9-10/h3,5,10H,4,6-9H2,1-2H3,(H,12,14)/b5-3+. The normalized spacial score (nSPS) is 22.2. The number of carbonyl (C=O) groups is 1. The molecule has 0 aromatic heterocycles. The van der Waals surface area contributed by atoms with Gasteiger partial charge in [-0.1, -0.05) is 6.08 Å². The van der Waals surface area contributed by atoms with Gasteiger partial charge in [0.25, 0.3) is 0 Å². The number of hydrogen-bond donors (Lipinski definition) is 1. The Labute approximate surface area is 108 Å². The molecule has 0 spiro atoms. The average Bonchev–Trinajstić information content (AvgIpc) is 2.67. The summed E-state index contributed by atoms with van der Waals surface area (Å²) in [5.41, 5.74) is 0. The number of ether oxygens (including phenoxy) is 1. The lowest BCUT2D eigenvalue weighted by Gasteiger charge is -2.27. The number of sulfone groups is 1. The minimum Gasteiger partial charge on any atom is -0.383 e. The molecule has 1 unspecified atom stereocenters. The minimum absolute atomic E-state index is 0.0416. The maximum Gasteiger partial charge on any atom is 0.321 e. The van der Waals surface area contributed by atoms with Gasteiger partial charge in [0.1, 0.15) is 0 Å². The maximum absolute atomic E-state index is 11.9. The first-order valence-electron chi connectivity index (χ1n) is 5.88. The van der Waals surface area contributed by atoms with Crippen LogP contribution in [-0.2, 0) is 14.6 Å². The number of methoxy groups -OCH3 is 1. The highest BCUT2D eigenvalue weighted by Gasteiger charge is 2.34. The van der Waals surface area contributed by atoms with Gasteiger partial charge in [-0.05, 0) is 13.3 Å². The van der Waals surface area contributed by atoms with Crippen molar-refractivity contribution in [1.29, 1.82) is 0 Å². The number of allylic oxidation sites excluding steroid dienone is 1. The van der Waals surface area contributed by atoms with Gasteiger partial charge in [-0.2, -0.15) is 0 Å². The van der Waals surface area contributed by atoms with E-state index in [0.29, 0.717) is 19.6 Å². The number of amides is 2. The zero-order chi connectivity index (χ0) is 13.6. The molecule has 1 rings (SSSR count). The van der Waals surface area contributed by atoms with Crippen molar-refractivity contribution in [2.24, 2.45) is 0 Å². The van der Waals surface area contributed by atoms with E-state index in [9.17, 15) is 13.2 Å². The highest BCUT2D eigenvalue weighted by molar-refractivity contribution is 7.91. The molecule has 1 saturated heterocycles. The van der Waals surface area contributed by atoms with Crippen LogP contribution in [0.2, 0.25) is 0 Å². The van der Waals surface area contributed by atoms with Gasteiger partial charge >= 0.3 is 6.03 Å². The van der Waals surface area contributed by atoms with Crippen LogP contribution in [0.25, 0.3) is 0 Å². The van der Waals surface area contributed by atoms with Crippen LogP contribution in [-0.4, -0.2) is 57.2 Å². The van der Waals surface area contributed by atoms with Gasteiger partial charge in [-0.3, -0.25) is 0 Å². The van der Waals surface area contributed by atoms with E-state index in [1.165, 1.54) is 11.1 Å². The molecular formula is C11H20N2O4S. The van der Waals surface area contributed by atoms with Crippen LogP contribution < -0.4 is 5.32 Å². The first-order valence-corrected chi connectivity index (χ1v) is 7.70. The lowest BCUT2D eigenvalue weighted by Crippen LogP contribution is -2.46. The zero-order valence-electron chi connectivity index (χ0n) is 10.8. The Morgan fingerprint density at radius 1 is 1.56 bits per heavy atom. The molecular weight excluding hydrogens is 256 g/mol. The highest BCUT2D eigenvalue weighted by atomic mass is 32.2. The van der Waals surface area contributed by atoms with E-state index in [0.717, 1.165) is 0 Å². The van der Waals surface area contributed by atoms with Gasteiger partial charge in [-0.25, -0.2) is 13.2 Å². The van der Waals surface area contributed by atoms with Gasteiger partial charge in [0, 0.05) is 25.9 Å². The summed E-state index contributed by atoms with van der Waals surface area (Å²) in [7, 11) is -1.45.